The molecule has 0 bridgehead atoms. The van der Waals surface area contributed by atoms with Crippen LogP contribution in [-0.2, 0) is 9.53 Å². The van der Waals surface area contributed by atoms with Gasteiger partial charge in [0.1, 0.15) is 6.10 Å². The number of carbonyl (C=O) groups is 1. The molecule has 0 spiro atoms. The zero-order chi connectivity index (χ0) is 21.5. The van der Waals surface area contributed by atoms with Gasteiger partial charge in [-0.2, -0.15) is 0 Å². The topological polar surface area (TPSA) is 85.7 Å². The first-order valence-electron chi connectivity index (χ1n) is 10.2. The van der Waals surface area contributed by atoms with E-state index in [1.54, 1.807) is 24.1 Å². The maximum atomic E-state index is 12.5. The fourth-order valence-electron chi connectivity index (χ4n) is 3.21. The van der Waals surface area contributed by atoms with Crippen molar-refractivity contribution in [1.82, 2.24) is 4.31 Å². The monoisotopic (exact) mass is 427 g/mol. The quantitative estimate of drug-likeness (QED) is 0.440. The molecule has 3 rings (SSSR count). The molecule has 0 saturated carbocycles. The lowest BCUT2D eigenvalue weighted by Crippen LogP contribution is -2.49. The van der Waals surface area contributed by atoms with E-state index in [0.29, 0.717) is 24.6 Å². The van der Waals surface area contributed by atoms with Crippen LogP contribution in [0.4, 0.5) is 5.69 Å². The van der Waals surface area contributed by atoms with E-state index < -0.39 is 18.1 Å². The Morgan fingerprint density at radius 2 is 1.97 bits per heavy atom. The van der Waals surface area contributed by atoms with Crippen molar-refractivity contribution in [3.05, 3.63) is 59.7 Å². The number of amides is 1. The van der Waals surface area contributed by atoms with Crippen LogP contribution in [0, 0.1) is 12.3 Å². The average molecular weight is 428 g/mol. The van der Waals surface area contributed by atoms with E-state index in [4.69, 9.17) is 10.1 Å². The molecule has 160 valence electrons. The molecule has 1 saturated heterocycles. The zero-order valence-corrected chi connectivity index (χ0v) is 18.2. The van der Waals surface area contributed by atoms with Gasteiger partial charge in [0.15, 0.2) is 6.10 Å². The summed E-state index contributed by atoms with van der Waals surface area (Å²) in [5.41, 5.74) is 3.22. The van der Waals surface area contributed by atoms with Gasteiger partial charge in [-0.05, 0) is 55.1 Å². The highest BCUT2D eigenvalue weighted by molar-refractivity contribution is 7.97. The average Bonchev–Trinajstić information content (AvgIpc) is 2.75. The van der Waals surface area contributed by atoms with E-state index in [-0.39, 0.29) is 0 Å². The molecule has 1 amide bonds. The number of hydrogen-bond acceptors (Lipinski definition) is 6. The Labute approximate surface area is 182 Å². The molecule has 7 heteroatoms. The molecule has 0 radical (unpaired) electrons. The lowest BCUT2D eigenvalue weighted by Gasteiger charge is -2.33. The number of nitrogens with zero attached hydrogens (tertiary/aromatic N) is 1. The first kappa shape index (κ1) is 22.5. The van der Waals surface area contributed by atoms with E-state index in [2.05, 4.69) is 40.8 Å². The predicted octanol–water partition coefficient (Wildman–Crippen LogP) is 3.87. The largest absolute Gasteiger partial charge is 0.380 e. The summed E-state index contributed by atoms with van der Waals surface area (Å²) in [6.07, 6.45) is -0.205. The Morgan fingerprint density at radius 1 is 1.27 bits per heavy atom. The number of morpholine rings is 1. The second kappa shape index (κ2) is 10.7. The van der Waals surface area contributed by atoms with Gasteiger partial charge in [-0.15, -0.1) is 0 Å². The van der Waals surface area contributed by atoms with Crippen molar-refractivity contribution in [1.29, 1.82) is 5.41 Å². The fraction of sp³-hybridized carbons (Fsp3) is 0.391. The molecule has 30 heavy (non-hydrogen) atoms. The Hall–Kier alpha value is -2.19. The van der Waals surface area contributed by atoms with E-state index in [9.17, 15) is 9.90 Å². The van der Waals surface area contributed by atoms with Crippen molar-refractivity contribution in [3.8, 4) is 0 Å². The third-order valence-electron chi connectivity index (χ3n) is 4.93. The van der Waals surface area contributed by atoms with Gasteiger partial charge < -0.3 is 20.6 Å². The maximum absolute atomic E-state index is 12.5. The number of hydrogen-bond donors (Lipinski definition) is 3. The molecule has 3 N–H and O–H groups in total. The van der Waals surface area contributed by atoms with Crippen LogP contribution in [0.1, 0.15) is 30.9 Å². The summed E-state index contributed by atoms with van der Waals surface area (Å²) >= 11 is 1.61. The second-order valence-electron chi connectivity index (χ2n) is 7.44. The SMILES string of the molecule is CCCC(=N)c1ccc(NC(=O)C(O)C2CN(Sc3ccc(C)cc3)CCO2)cc1. The highest BCUT2D eigenvalue weighted by Gasteiger charge is 2.32. The van der Waals surface area contributed by atoms with Gasteiger partial charge in [-0.3, -0.25) is 4.79 Å². The lowest BCUT2D eigenvalue weighted by atomic mass is 10.1. The van der Waals surface area contributed by atoms with Crippen LogP contribution in [0.2, 0.25) is 0 Å². The van der Waals surface area contributed by atoms with Crippen molar-refractivity contribution in [2.45, 2.75) is 43.8 Å². The van der Waals surface area contributed by atoms with Gasteiger partial charge in [0.05, 0.1) is 6.61 Å². The molecule has 2 unspecified atom stereocenters. The number of aryl methyl sites for hydroxylation is 1. The van der Waals surface area contributed by atoms with Crippen molar-refractivity contribution >= 4 is 29.3 Å². The number of benzene rings is 2. The van der Waals surface area contributed by atoms with Crippen molar-refractivity contribution < 1.29 is 14.6 Å². The van der Waals surface area contributed by atoms with Gasteiger partial charge in [0.2, 0.25) is 0 Å². The summed E-state index contributed by atoms with van der Waals surface area (Å²) in [4.78, 5) is 13.6. The minimum atomic E-state index is -1.26. The third kappa shape index (κ3) is 6.15. The minimum absolute atomic E-state index is 0.459. The number of nitrogens with one attached hydrogen (secondary N) is 2. The van der Waals surface area contributed by atoms with Crippen molar-refractivity contribution in [2.24, 2.45) is 0 Å². The molecular weight excluding hydrogens is 398 g/mol. The molecule has 1 aliphatic rings. The second-order valence-corrected chi connectivity index (χ2v) is 8.61. The first-order chi connectivity index (χ1) is 14.5. The normalized spacial score (nSPS) is 18.0. The molecule has 6 nitrogen and oxygen atoms in total. The van der Waals surface area contributed by atoms with Gasteiger partial charge >= 0.3 is 0 Å². The number of anilines is 1. The van der Waals surface area contributed by atoms with Crippen LogP contribution in [0.25, 0.3) is 0 Å². The molecule has 1 aliphatic heterocycles. The Morgan fingerprint density at radius 3 is 2.63 bits per heavy atom. The molecular formula is C23H29N3O3S. The molecule has 1 heterocycles. The van der Waals surface area contributed by atoms with Gasteiger partial charge in [0.25, 0.3) is 5.91 Å². The molecule has 1 fully saturated rings. The summed E-state index contributed by atoms with van der Waals surface area (Å²) in [7, 11) is 0. The first-order valence-corrected chi connectivity index (χ1v) is 11.0. The number of aliphatic hydroxyl groups excluding tert-OH is 1. The van der Waals surface area contributed by atoms with Gasteiger partial charge in [0, 0.05) is 29.4 Å². The van der Waals surface area contributed by atoms with Crippen molar-refractivity contribution in [2.75, 3.05) is 25.0 Å². The number of aliphatic hydroxyl groups is 1. The van der Waals surface area contributed by atoms with E-state index in [1.807, 2.05) is 19.1 Å². The highest BCUT2D eigenvalue weighted by atomic mass is 32.2. The third-order valence-corrected chi connectivity index (χ3v) is 6.01. The van der Waals surface area contributed by atoms with Crippen LogP contribution in [0.15, 0.2) is 53.4 Å². The van der Waals surface area contributed by atoms with E-state index in [1.165, 1.54) is 5.56 Å². The summed E-state index contributed by atoms with van der Waals surface area (Å²) in [5.74, 6) is -0.487. The number of carbonyl (C=O) groups excluding carboxylic acids is 1. The molecule has 0 aromatic heterocycles. The van der Waals surface area contributed by atoms with Crippen molar-refractivity contribution in [3.63, 3.8) is 0 Å². The minimum Gasteiger partial charge on any atom is -0.380 e. The zero-order valence-electron chi connectivity index (χ0n) is 17.4. The summed E-state index contributed by atoms with van der Waals surface area (Å²) in [5, 5.41) is 21.3. The lowest BCUT2D eigenvalue weighted by molar-refractivity contribution is -0.136. The molecule has 2 atom stereocenters. The summed E-state index contributed by atoms with van der Waals surface area (Å²) in [6.45, 7) is 5.74. The predicted molar refractivity (Wildman–Crippen MR) is 121 cm³/mol. The Kier molecular flexibility index (Phi) is 8.04. The van der Waals surface area contributed by atoms with Crippen LogP contribution in [0.5, 0.6) is 0 Å². The molecule has 0 aliphatic carbocycles. The van der Waals surface area contributed by atoms with Crippen LogP contribution in [0.3, 0.4) is 0 Å². The highest BCUT2D eigenvalue weighted by Crippen LogP contribution is 2.26. The van der Waals surface area contributed by atoms with Crippen LogP contribution in [-0.4, -0.2) is 52.9 Å². The molecule has 2 aromatic rings. The van der Waals surface area contributed by atoms with E-state index in [0.717, 1.165) is 29.8 Å². The summed E-state index contributed by atoms with van der Waals surface area (Å²) < 4.78 is 7.78. The number of rotatable bonds is 8. The fourth-order valence-corrected chi connectivity index (χ4v) is 4.15. The Bertz CT molecular complexity index is 855. The van der Waals surface area contributed by atoms with E-state index >= 15 is 0 Å². The molecule has 2 aromatic carbocycles. The Balaban J connectivity index is 1.54. The summed E-state index contributed by atoms with van der Waals surface area (Å²) in [6, 6.07) is 15.4. The number of ether oxygens (including phenoxy) is 1. The maximum Gasteiger partial charge on any atom is 0.255 e. The van der Waals surface area contributed by atoms with Gasteiger partial charge in [-0.25, -0.2) is 4.31 Å². The van der Waals surface area contributed by atoms with Gasteiger partial charge in [-0.1, -0.05) is 43.2 Å². The standard InChI is InChI=1S/C23H29N3O3S/c1-3-4-20(24)17-7-9-18(10-8-17)25-23(28)22(27)21-15-26(13-14-29-21)30-19-11-5-16(2)6-12-19/h5-12,21-22,24,27H,3-4,13-15H2,1-2H3,(H,25,28). The smallest absolute Gasteiger partial charge is 0.255 e. The van der Waals surface area contributed by atoms with Crippen LogP contribution < -0.4 is 5.32 Å². The van der Waals surface area contributed by atoms with Crippen LogP contribution >= 0.6 is 11.9 Å².